The van der Waals surface area contributed by atoms with E-state index in [0.717, 1.165) is 48.7 Å². The monoisotopic (exact) mass is 460 g/mol. The molecule has 1 radical (unpaired) electrons. The van der Waals surface area contributed by atoms with E-state index in [1.165, 1.54) is 5.56 Å². The molecule has 0 amide bonds. The van der Waals surface area contributed by atoms with Crippen molar-refractivity contribution in [1.82, 2.24) is 4.57 Å². The van der Waals surface area contributed by atoms with E-state index in [1.807, 2.05) is 38.2 Å². The van der Waals surface area contributed by atoms with E-state index < -0.39 is 17.0 Å². The second-order valence-corrected chi connectivity index (χ2v) is 10.9. The summed E-state index contributed by atoms with van der Waals surface area (Å²) in [5.74, 6) is 0.0295. The minimum absolute atomic E-state index is 0.119. The molecule has 2 aliphatic rings. The van der Waals surface area contributed by atoms with Crippen LogP contribution in [0.25, 0.3) is 10.8 Å². The van der Waals surface area contributed by atoms with Gasteiger partial charge in [0.25, 0.3) is 5.56 Å². The quantitative estimate of drug-likeness (QED) is 0.540. The predicted octanol–water partition coefficient (Wildman–Crippen LogP) is 4.75. The summed E-state index contributed by atoms with van der Waals surface area (Å²) in [6.45, 7) is 7.18. The fourth-order valence-electron chi connectivity index (χ4n) is 4.79. The Hall–Kier alpha value is -2.44. The normalized spacial score (nSPS) is 18.7. The number of rotatable bonds is 6. The lowest BCUT2D eigenvalue weighted by molar-refractivity contribution is -0.0893. The second-order valence-electron chi connectivity index (χ2n) is 10.9. The van der Waals surface area contributed by atoms with Gasteiger partial charge in [-0.05, 0) is 99.9 Å². The maximum absolute atomic E-state index is 15.0. The van der Waals surface area contributed by atoms with Gasteiger partial charge in [0.15, 0.2) is 0 Å². The number of aromatic nitrogens is 1. The number of aryl methyl sites for hydroxylation is 1. The maximum Gasteiger partial charge on any atom is 0.330 e. The molecule has 2 aromatic carbocycles. The lowest BCUT2D eigenvalue weighted by atomic mass is 9.78. The first kappa shape index (κ1) is 23.3. The fraction of sp³-hybridized carbons (Fsp3) is 0.464. The van der Waals surface area contributed by atoms with Gasteiger partial charge in [0.05, 0.1) is 22.6 Å². The van der Waals surface area contributed by atoms with Crippen molar-refractivity contribution < 1.29 is 14.2 Å². The molecule has 0 spiro atoms. The van der Waals surface area contributed by atoms with Crippen LogP contribution in [0.3, 0.4) is 0 Å². The molecule has 177 valence electrons. The van der Waals surface area contributed by atoms with Crippen molar-refractivity contribution in [3.05, 3.63) is 75.5 Å². The number of nitrogens with zero attached hydrogens (tertiary/aromatic N) is 1. The summed E-state index contributed by atoms with van der Waals surface area (Å²) in [6.07, 6.45) is 6.73. The third kappa shape index (κ3) is 4.22. The van der Waals surface area contributed by atoms with E-state index in [0.29, 0.717) is 11.3 Å². The predicted molar refractivity (Wildman–Crippen MR) is 135 cm³/mol. The highest BCUT2D eigenvalue weighted by molar-refractivity contribution is 6.47. The van der Waals surface area contributed by atoms with E-state index in [-0.39, 0.29) is 17.0 Å². The summed E-state index contributed by atoms with van der Waals surface area (Å²) in [5, 5.41) is 11.2. The Labute approximate surface area is 201 Å². The van der Waals surface area contributed by atoms with Gasteiger partial charge >= 0.3 is 7.48 Å². The van der Waals surface area contributed by atoms with Gasteiger partial charge in [0.2, 0.25) is 0 Å². The van der Waals surface area contributed by atoms with Crippen molar-refractivity contribution in [1.29, 1.82) is 0 Å². The van der Waals surface area contributed by atoms with E-state index in [4.69, 9.17) is 4.65 Å². The minimum atomic E-state index is -0.991. The number of aliphatic hydroxyl groups is 1. The molecule has 4 nitrogen and oxygen atoms in total. The summed E-state index contributed by atoms with van der Waals surface area (Å²) < 4.78 is 22.6. The van der Waals surface area contributed by atoms with Gasteiger partial charge in [-0.25, -0.2) is 4.39 Å². The van der Waals surface area contributed by atoms with Crippen molar-refractivity contribution in [2.24, 2.45) is 0 Å². The molecule has 1 saturated carbocycles. The zero-order valence-corrected chi connectivity index (χ0v) is 20.4. The highest BCUT2D eigenvalue weighted by Gasteiger charge is 2.36. The highest BCUT2D eigenvalue weighted by atomic mass is 19.1. The first-order chi connectivity index (χ1) is 16.0. The van der Waals surface area contributed by atoms with Gasteiger partial charge in [-0.3, -0.25) is 4.79 Å². The van der Waals surface area contributed by atoms with Crippen LogP contribution >= 0.6 is 0 Å². The number of hydrogen-bond acceptors (Lipinski definition) is 3. The summed E-state index contributed by atoms with van der Waals surface area (Å²) in [7, 11) is 1.69. The van der Waals surface area contributed by atoms with Crippen LogP contribution < -0.4 is 11.0 Å². The van der Waals surface area contributed by atoms with Crippen molar-refractivity contribution in [2.75, 3.05) is 0 Å². The number of fused-ring (bicyclic) bond motifs is 2. The van der Waals surface area contributed by atoms with E-state index in [2.05, 4.69) is 12.1 Å². The Morgan fingerprint density at radius 3 is 2.56 bits per heavy atom. The number of hydrogen-bond donors (Lipinski definition) is 1. The molecule has 1 heterocycles. The summed E-state index contributed by atoms with van der Waals surface area (Å²) >= 11 is 0. The molecule has 5 rings (SSSR count). The number of benzene rings is 2. The molecule has 1 aromatic heterocycles. The van der Waals surface area contributed by atoms with Gasteiger partial charge in [-0.15, -0.1) is 0 Å². The van der Waals surface area contributed by atoms with Crippen molar-refractivity contribution in [3.8, 4) is 0 Å². The largest absolute Gasteiger partial charge is 0.427 e. The van der Waals surface area contributed by atoms with Gasteiger partial charge < -0.3 is 14.3 Å². The molecule has 34 heavy (non-hydrogen) atoms. The molecular weight excluding hydrogens is 428 g/mol. The van der Waals surface area contributed by atoms with Crippen LogP contribution in [-0.4, -0.2) is 28.4 Å². The number of pyridine rings is 1. The Kier molecular flexibility index (Phi) is 5.73. The molecule has 1 N–H and O–H groups in total. The Balaban J connectivity index is 1.45. The standard InChI is InChI=1S/C28H32BFNO3/c1-27(2,33)28(3,4)34-29-21-10-11-22-18(15-21)6-5-7-24(22)31-13-12-19-14-20(17-8-9-17)16-23(30)25(19)26(31)32/h10-17,24,33H,5-9H2,1-4H3. The fourth-order valence-corrected chi connectivity index (χ4v) is 4.79. The van der Waals surface area contributed by atoms with Gasteiger partial charge in [-0.1, -0.05) is 29.7 Å². The Morgan fingerprint density at radius 1 is 1.09 bits per heavy atom. The smallest absolute Gasteiger partial charge is 0.330 e. The zero-order valence-electron chi connectivity index (χ0n) is 20.4. The number of halogens is 1. The van der Waals surface area contributed by atoms with E-state index in [9.17, 15) is 9.90 Å². The zero-order chi connectivity index (χ0) is 24.3. The SMILES string of the molecule is CC(C)(O)C(C)(C)O[B]c1ccc2c(c1)CCCC2n1ccc2cc(C3CC3)cc(F)c2c1=O. The van der Waals surface area contributed by atoms with Crippen LogP contribution in [0, 0.1) is 5.82 Å². The van der Waals surface area contributed by atoms with Crippen LogP contribution in [0.1, 0.15) is 82.0 Å². The summed E-state index contributed by atoms with van der Waals surface area (Å²) in [6, 6.07) is 11.4. The van der Waals surface area contributed by atoms with Crippen molar-refractivity contribution in [2.45, 2.75) is 83.0 Å². The average molecular weight is 460 g/mol. The second kappa shape index (κ2) is 8.35. The van der Waals surface area contributed by atoms with Crippen LogP contribution in [0.5, 0.6) is 0 Å². The van der Waals surface area contributed by atoms with Crippen LogP contribution in [0.15, 0.2) is 47.4 Å². The van der Waals surface area contributed by atoms with Gasteiger partial charge in [0, 0.05) is 6.20 Å². The molecule has 1 fully saturated rings. The molecule has 3 aromatic rings. The molecular formula is C28H32BFNO3. The average Bonchev–Trinajstić information content (AvgIpc) is 3.62. The van der Waals surface area contributed by atoms with Gasteiger partial charge in [0.1, 0.15) is 5.82 Å². The van der Waals surface area contributed by atoms with Crippen LogP contribution in [-0.2, 0) is 11.1 Å². The first-order valence-corrected chi connectivity index (χ1v) is 12.3. The third-order valence-electron chi connectivity index (χ3n) is 7.80. The van der Waals surface area contributed by atoms with Crippen molar-refractivity contribution in [3.63, 3.8) is 0 Å². The molecule has 1 atom stereocenters. The summed E-state index contributed by atoms with van der Waals surface area (Å²) in [5.41, 5.74) is 2.20. The maximum atomic E-state index is 15.0. The Bertz CT molecular complexity index is 1300. The molecule has 6 heteroatoms. The third-order valence-corrected chi connectivity index (χ3v) is 7.80. The molecule has 2 aliphatic carbocycles. The van der Waals surface area contributed by atoms with E-state index >= 15 is 4.39 Å². The lowest BCUT2D eigenvalue weighted by Crippen LogP contribution is -2.49. The van der Waals surface area contributed by atoms with Crippen LogP contribution in [0.2, 0.25) is 0 Å². The molecule has 0 bridgehead atoms. The van der Waals surface area contributed by atoms with Crippen molar-refractivity contribution >= 4 is 23.7 Å². The molecule has 0 saturated heterocycles. The van der Waals surface area contributed by atoms with Gasteiger partial charge in [-0.2, -0.15) is 0 Å². The highest BCUT2D eigenvalue weighted by Crippen LogP contribution is 2.41. The lowest BCUT2D eigenvalue weighted by Gasteiger charge is -2.37. The molecule has 1 unspecified atom stereocenters. The summed E-state index contributed by atoms with van der Waals surface area (Å²) in [4.78, 5) is 13.4. The van der Waals surface area contributed by atoms with E-state index in [1.54, 1.807) is 32.0 Å². The topological polar surface area (TPSA) is 51.5 Å². The molecule has 0 aliphatic heterocycles. The Morgan fingerprint density at radius 2 is 1.85 bits per heavy atom. The van der Waals surface area contributed by atoms with Crippen LogP contribution in [0.4, 0.5) is 4.39 Å². The first-order valence-electron chi connectivity index (χ1n) is 12.3. The minimum Gasteiger partial charge on any atom is -0.427 e.